The minimum atomic E-state index is -0.0757. The predicted molar refractivity (Wildman–Crippen MR) is 103 cm³/mol. The predicted octanol–water partition coefficient (Wildman–Crippen LogP) is 4.17. The molecule has 0 aliphatic carbocycles. The summed E-state index contributed by atoms with van der Waals surface area (Å²) in [4.78, 5) is 14.7. The third-order valence-electron chi connectivity index (χ3n) is 4.97. The van der Waals surface area contributed by atoms with Crippen LogP contribution in [0.3, 0.4) is 0 Å². The van der Waals surface area contributed by atoms with Gasteiger partial charge >= 0.3 is 0 Å². The number of hydrogen-bond donors (Lipinski definition) is 1. The van der Waals surface area contributed by atoms with E-state index in [1.807, 2.05) is 44.2 Å². The van der Waals surface area contributed by atoms with Crippen LogP contribution in [0.15, 0.2) is 42.5 Å². The minimum Gasteiger partial charge on any atom is -0.380 e. The van der Waals surface area contributed by atoms with Gasteiger partial charge in [0.2, 0.25) is 0 Å². The third-order valence-corrected chi connectivity index (χ3v) is 4.97. The number of anilines is 2. The lowest BCUT2D eigenvalue weighted by Gasteiger charge is -2.33. The fraction of sp³-hybridized carbons (Fsp3) is 0.381. The number of benzene rings is 2. The molecule has 0 bridgehead atoms. The first kappa shape index (κ1) is 17.5. The van der Waals surface area contributed by atoms with E-state index >= 15 is 0 Å². The summed E-state index contributed by atoms with van der Waals surface area (Å²) in [5, 5.41) is 2.97. The number of nitrogens with zero attached hydrogens (tertiary/aromatic N) is 1. The van der Waals surface area contributed by atoms with Crippen molar-refractivity contribution in [2.75, 3.05) is 30.4 Å². The molecule has 132 valence electrons. The SMILES string of the molecule is COC1CCCN(c2ccc(NC(=O)c3ccc(C)c(C)c3)cc2)C1. The summed E-state index contributed by atoms with van der Waals surface area (Å²) in [5.74, 6) is -0.0757. The van der Waals surface area contributed by atoms with E-state index in [2.05, 4.69) is 22.3 Å². The first-order valence-corrected chi connectivity index (χ1v) is 8.83. The monoisotopic (exact) mass is 338 g/mol. The Kier molecular flexibility index (Phi) is 5.39. The maximum atomic E-state index is 12.4. The van der Waals surface area contributed by atoms with Crippen molar-refractivity contribution in [3.63, 3.8) is 0 Å². The van der Waals surface area contributed by atoms with Gasteiger partial charge in [-0.15, -0.1) is 0 Å². The van der Waals surface area contributed by atoms with Crippen LogP contribution in [0.5, 0.6) is 0 Å². The first-order valence-electron chi connectivity index (χ1n) is 8.83. The maximum Gasteiger partial charge on any atom is 0.255 e. The highest BCUT2D eigenvalue weighted by Crippen LogP contribution is 2.23. The van der Waals surface area contributed by atoms with Gasteiger partial charge in [-0.3, -0.25) is 4.79 Å². The van der Waals surface area contributed by atoms with E-state index in [9.17, 15) is 4.79 Å². The maximum absolute atomic E-state index is 12.4. The zero-order valence-corrected chi connectivity index (χ0v) is 15.2. The van der Waals surface area contributed by atoms with Crippen LogP contribution in [-0.2, 0) is 4.74 Å². The number of ether oxygens (including phenoxy) is 1. The quantitative estimate of drug-likeness (QED) is 0.910. The Morgan fingerprint density at radius 3 is 2.56 bits per heavy atom. The van der Waals surface area contributed by atoms with Gasteiger partial charge in [0.15, 0.2) is 0 Å². The Morgan fingerprint density at radius 2 is 1.88 bits per heavy atom. The summed E-state index contributed by atoms with van der Waals surface area (Å²) in [6, 6.07) is 13.8. The molecular weight excluding hydrogens is 312 g/mol. The summed E-state index contributed by atoms with van der Waals surface area (Å²) in [6.07, 6.45) is 2.57. The van der Waals surface area contributed by atoms with E-state index in [0.29, 0.717) is 11.7 Å². The Morgan fingerprint density at radius 1 is 1.12 bits per heavy atom. The van der Waals surface area contributed by atoms with Crippen molar-refractivity contribution >= 4 is 17.3 Å². The van der Waals surface area contributed by atoms with Crippen LogP contribution in [-0.4, -0.2) is 32.2 Å². The standard InChI is InChI=1S/C21H26N2O2/c1-15-6-7-17(13-16(15)2)21(24)22-18-8-10-19(11-9-18)23-12-4-5-20(14-23)25-3/h6-11,13,20H,4-5,12,14H2,1-3H3,(H,22,24). The van der Waals surface area contributed by atoms with Crippen molar-refractivity contribution < 1.29 is 9.53 Å². The minimum absolute atomic E-state index is 0.0757. The van der Waals surface area contributed by atoms with Crippen LogP contribution in [0, 0.1) is 13.8 Å². The fourth-order valence-corrected chi connectivity index (χ4v) is 3.21. The molecule has 1 fully saturated rings. The molecule has 4 heteroatoms. The number of piperidine rings is 1. The normalized spacial score (nSPS) is 17.4. The lowest BCUT2D eigenvalue weighted by Crippen LogP contribution is -2.39. The highest BCUT2D eigenvalue weighted by atomic mass is 16.5. The zero-order chi connectivity index (χ0) is 17.8. The Hall–Kier alpha value is -2.33. The van der Waals surface area contributed by atoms with E-state index in [1.165, 1.54) is 11.3 Å². The van der Waals surface area contributed by atoms with Gasteiger partial charge in [0.25, 0.3) is 5.91 Å². The highest BCUT2D eigenvalue weighted by Gasteiger charge is 2.19. The number of hydrogen-bond acceptors (Lipinski definition) is 3. The van der Waals surface area contributed by atoms with Crippen molar-refractivity contribution in [1.82, 2.24) is 0 Å². The lowest BCUT2D eigenvalue weighted by atomic mass is 10.1. The summed E-state index contributed by atoms with van der Waals surface area (Å²) in [5.41, 5.74) is 4.99. The van der Waals surface area contributed by atoms with Crippen molar-refractivity contribution in [2.45, 2.75) is 32.8 Å². The van der Waals surface area contributed by atoms with E-state index in [0.717, 1.165) is 37.2 Å². The van der Waals surface area contributed by atoms with Crippen LogP contribution < -0.4 is 10.2 Å². The van der Waals surface area contributed by atoms with E-state index in [1.54, 1.807) is 7.11 Å². The summed E-state index contributed by atoms with van der Waals surface area (Å²) < 4.78 is 5.49. The van der Waals surface area contributed by atoms with Crippen molar-refractivity contribution in [1.29, 1.82) is 0 Å². The number of aryl methyl sites for hydroxylation is 2. The molecule has 25 heavy (non-hydrogen) atoms. The Bertz CT molecular complexity index is 740. The number of amides is 1. The third kappa shape index (κ3) is 4.20. The van der Waals surface area contributed by atoms with Gasteiger partial charge < -0.3 is 15.0 Å². The average Bonchev–Trinajstić information content (AvgIpc) is 2.64. The van der Waals surface area contributed by atoms with Crippen LogP contribution in [0.4, 0.5) is 11.4 Å². The topological polar surface area (TPSA) is 41.6 Å². The van der Waals surface area contributed by atoms with Crippen LogP contribution in [0.2, 0.25) is 0 Å². The molecule has 1 unspecified atom stereocenters. The number of nitrogens with one attached hydrogen (secondary N) is 1. The van der Waals surface area contributed by atoms with Crippen molar-refractivity contribution in [3.05, 3.63) is 59.2 Å². The molecule has 1 N–H and O–H groups in total. The largest absolute Gasteiger partial charge is 0.380 e. The molecule has 3 rings (SSSR count). The molecule has 4 nitrogen and oxygen atoms in total. The second-order valence-electron chi connectivity index (χ2n) is 6.75. The van der Waals surface area contributed by atoms with Crippen LogP contribution in [0.25, 0.3) is 0 Å². The number of carbonyl (C=O) groups is 1. The van der Waals surface area contributed by atoms with E-state index in [4.69, 9.17) is 4.74 Å². The molecule has 1 heterocycles. The van der Waals surface area contributed by atoms with E-state index < -0.39 is 0 Å². The molecule has 1 saturated heterocycles. The number of carbonyl (C=O) groups excluding carboxylic acids is 1. The first-order chi connectivity index (χ1) is 12.1. The molecule has 0 saturated carbocycles. The second-order valence-corrected chi connectivity index (χ2v) is 6.75. The van der Waals surface area contributed by atoms with Crippen molar-refractivity contribution in [2.24, 2.45) is 0 Å². The van der Waals surface area contributed by atoms with Crippen LogP contribution in [0.1, 0.15) is 34.3 Å². The van der Waals surface area contributed by atoms with Crippen molar-refractivity contribution in [3.8, 4) is 0 Å². The van der Waals surface area contributed by atoms with Gasteiger partial charge in [-0.25, -0.2) is 0 Å². The molecule has 1 atom stereocenters. The fourth-order valence-electron chi connectivity index (χ4n) is 3.21. The molecule has 2 aromatic rings. The van der Waals surface area contributed by atoms with E-state index in [-0.39, 0.29) is 5.91 Å². The van der Waals surface area contributed by atoms with Gasteiger partial charge in [0, 0.05) is 37.1 Å². The smallest absolute Gasteiger partial charge is 0.255 e. The summed E-state index contributed by atoms with van der Waals surface area (Å²) in [7, 11) is 1.78. The zero-order valence-electron chi connectivity index (χ0n) is 15.2. The lowest BCUT2D eigenvalue weighted by molar-refractivity contribution is 0.0893. The van der Waals surface area contributed by atoms with Gasteiger partial charge in [-0.1, -0.05) is 6.07 Å². The summed E-state index contributed by atoms with van der Waals surface area (Å²) in [6.45, 7) is 6.04. The molecule has 0 spiro atoms. The Labute approximate surface area is 149 Å². The molecule has 2 aromatic carbocycles. The van der Waals surface area contributed by atoms with Gasteiger partial charge in [-0.2, -0.15) is 0 Å². The molecule has 0 aromatic heterocycles. The average molecular weight is 338 g/mol. The van der Waals surface area contributed by atoms with Crippen LogP contribution >= 0.6 is 0 Å². The van der Waals surface area contributed by atoms with Gasteiger partial charge in [-0.05, 0) is 74.2 Å². The molecule has 1 aliphatic rings. The van der Waals surface area contributed by atoms with Gasteiger partial charge in [0.05, 0.1) is 6.10 Å². The molecule has 0 radical (unpaired) electrons. The number of rotatable bonds is 4. The molecule has 1 aliphatic heterocycles. The molecular formula is C21H26N2O2. The second kappa shape index (κ2) is 7.70. The number of methoxy groups -OCH3 is 1. The molecule has 1 amide bonds. The summed E-state index contributed by atoms with van der Waals surface area (Å²) >= 11 is 0. The highest BCUT2D eigenvalue weighted by molar-refractivity contribution is 6.04. The Balaban J connectivity index is 1.66. The van der Waals surface area contributed by atoms with Gasteiger partial charge in [0.1, 0.15) is 0 Å².